The van der Waals surface area contributed by atoms with Crippen LogP contribution in [0.4, 0.5) is 0 Å². The van der Waals surface area contributed by atoms with E-state index in [0.717, 1.165) is 0 Å². The van der Waals surface area contributed by atoms with E-state index >= 15 is 0 Å². The molecular weight excluding hydrogens is 947 g/mol. The highest BCUT2D eigenvalue weighted by molar-refractivity contribution is 5.98. The number of carboxylic acid groups (broad SMARTS) is 1. The van der Waals surface area contributed by atoms with Crippen LogP contribution in [0.15, 0.2) is 30.3 Å². The zero-order valence-corrected chi connectivity index (χ0v) is 43.2. The first kappa shape index (κ1) is 61.5. The molecule has 1 aromatic carbocycles. The van der Waals surface area contributed by atoms with Gasteiger partial charge in [-0.05, 0) is 108 Å². The number of hydrogen-bond donors (Lipinski definition) is 12. The number of aliphatic hydroxyl groups excluding tert-OH is 2. The fraction of sp³-hybridized carbons (Fsp3) is 0.700. The van der Waals surface area contributed by atoms with Gasteiger partial charge >= 0.3 is 5.97 Å². The van der Waals surface area contributed by atoms with Crippen molar-refractivity contribution in [3.05, 3.63) is 35.9 Å². The molecule has 0 saturated carbocycles. The summed E-state index contributed by atoms with van der Waals surface area (Å²) in [5.74, 6) is -7.49. The normalized spacial score (nSPS) is 19.3. The molecular formula is C50H83N11O12. The standard InChI is InChI=1S/C50H83N11O12/c1-6-30(4)40(46(68)55-35(50(72)73)19-11-13-23-52)58-47(69)41(31(5)63)59-43(65)36(27-32-16-8-7-9-17-32)56-42(64)34(18-10-12-22-51)54-44(66)39-21-15-25-61(39)49(71)37(28-62)57-45(67)38-20-14-24-60(38)48(70)33(53)26-29(2)3/h7-9,16-17,29-31,33-41,62-63H,6,10-15,18-28,51-53H2,1-5H3,(H,54,66)(H,55,68)(H,56,64)(H,57,67)(H,58,69)(H,59,65)(H,72,73)/t30-,31+,33-,34-,35-,36-,37-,38-,39-,40-,41-/m0/s1. The van der Waals surface area contributed by atoms with Crippen molar-refractivity contribution in [3.63, 3.8) is 0 Å². The molecule has 15 N–H and O–H groups in total. The Morgan fingerprint density at radius 2 is 1.14 bits per heavy atom. The molecule has 0 aliphatic carbocycles. The molecule has 2 saturated heterocycles. The monoisotopic (exact) mass is 1030 g/mol. The zero-order valence-electron chi connectivity index (χ0n) is 43.2. The average Bonchev–Trinajstić information content (AvgIpc) is 4.06. The minimum absolute atomic E-state index is 0.0649. The summed E-state index contributed by atoms with van der Waals surface area (Å²) < 4.78 is 0. The lowest BCUT2D eigenvalue weighted by molar-refractivity contribution is -0.144. The first-order valence-electron chi connectivity index (χ1n) is 25.8. The number of amides is 8. The lowest BCUT2D eigenvalue weighted by Gasteiger charge is -2.31. The van der Waals surface area contributed by atoms with E-state index in [0.29, 0.717) is 76.4 Å². The van der Waals surface area contributed by atoms with Gasteiger partial charge in [0.05, 0.1) is 18.8 Å². The summed E-state index contributed by atoms with van der Waals surface area (Å²) in [7, 11) is 0. The van der Waals surface area contributed by atoms with Gasteiger partial charge in [0.25, 0.3) is 0 Å². The van der Waals surface area contributed by atoms with Gasteiger partial charge in [-0.25, -0.2) is 4.79 Å². The number of hydrogen-bond acceptors (Lipinski definition) is 14. The minimum atomic E-state index is -1.66. The lowest BCUT2D eigenvalue weighted by Crippen LogP contribution is -2.62. The number of likely N-dealkylation sites (tertiary alicyclic amines) is 2. The third kappa shape index (κ3) is 18.9. The summed E-state index contributed by atoms with van der Waals surface area (Å²) in [6.07, 6.45) is 2.60. The van der Waals surface area contributed by atoms with Gasteiger partial charge in [0.1, 0.15) is 48.3 Å². The molecule has 0 unspecified atom stereocenters. The highest BCUT2D eigenvalue weighted by Crippen LogP contribution is 2.22. The molecule has 23 nitrogen and oxygen atoms in total. The Balaban J connectivity index is 1.82. The van der Waals surface area contributed by atoms with Crippen LogP contribution in [-0.2, 0) is 49.6 Å². The maximum Gasteiger partial charge on any atom is 0.326 e. The number of nitrogens with zero attached hydrogens (tertiary/aromatic N) is 2. The van der Waals surface area contributed by atoms with E-state index in [1.807, 2.05) is 13.8 Å². The molecule has 0 spiro atoms. The van der Waals surface area contributed by atoms with Crippen molar-refractivity contribution in [2.24, 2.45) is 29.0 Å². The molecule has 2 heterocycles. The number of rotatable bonds is 31. The highest BCUT2D eigenvalue weighted by Gasteiger charge is 2.42. The SMILES string of the molecule is CC[C@H](C)[C@H](NC(=O)[C@@H](NC(=O)[C@H](Cc1ccccc1)NC(=O)[C@H](CCCCN)NC(=O)[C@@H]1CCCN1C(=O)[C@H](CO)NC(=O)[C@@H]1CCCN1C(=O)[C@@H](N)CC(C)C)[C@@H](C)O)C(=O)N[C@@H](CCCCN)C(=O)O. The van der Waals surface area contributed by atoms with Gasteiger partial charge in [0.15, 0.2) is 0 Å². The Morgan fingerprint density at radius 1 is 0.644 bits per heavy atom. The number of carboxylic acids is 1. The summed E-state index contributed by atoms with van der Waals surface area (Å²) >= 11 is 0. The van der Waals surface area contributed by atoms with E-state index in [-0.39, 0.29) is 50.6 Å². The molecule has 23 heteroatoms. The van der Waals surface area contributed by atoms with E-state index in [1.54, 1.807) is 44.2 Å². The lowest BCUT2D eigenvalue weighted by atomic mass is 9.96. The second-order valence-electron chi connectivity index (χ2n) is 19.7. The quantitative estimate of drug-likeness (QED) is 0.0367. The van der Waals surface area contributed by atoms with Crippen LogP contribution in [0.3, 0.4) is 0 Å². The van der Waals surface area contributed by atoms with Gasteiger partial charge in [0, 0.05) is 19.5 Å². The molecule has 11 atom stereocenters. The van der Waals surface area contributed by atoms with Crippen molar-refractivity contribution in [3.8, 4) is 0 Å². The van der Waals surface area contributed by atoms with Crippen LogP contribution in [0.2, 0.25) is 0 Å². The fourth-order valence-corrected chi connectivity index (χ4v) is 9.06. The Kier molecular flexibility index (Phi) is 26.2. The van der Waals surface area contributed by atoms with Crippen LogP contribution in [-0.4, -0.2) is 172 Å². The van der Waals surface area contributed by atoms with Crippen LogP contribution in [0.25, 0.3) is 0 Å². The molecule has 8 amide bonds. The van der Waals surface area contributed by atoms with E-state index in [2.05, 4.69) is 31.9 Å². The van der Waals surface area contributed by atoms with Gasteiger partial charge in [-0.15, -0.1) is 0 Å². The van der Waals surface area contributed by atoms with Gasteiger partial charge in [0.2, 0.25) is 47.3 Å². The minimum Gasteiger partial charge on any atom is -0.480 e. The number of unbranched alkanes of at least 4 members (excludes halogenated alkanes) is 2. The van der Waals surface area contributed by atoms with Crippen molar-refractivity contribution in [1.29, 1.82) is 0 Å². The molecule has 0 bridgehead atoms. The average molecular weight is 1030 g/mol. The smallest absolute Gasteiger partial charge is 0.326 e. The topological polar surface area (TPSA) is 371 Å². The molecule has 2 fully saturated rings. The van der Waals surface area contributed by atoms with Gasteiger partial charge in [-0.1, -0.05) is 64.4 Å². The molecule has 3 rings (SSSR count). The second-order valence-corrected chi connectivity index (χ2v) is 19.7. The fourth-order valence-electron chi connectivity index (χ4n) is 9.06. The number of benzene rings is 1. The van der Waals surface area contributed by atoms with Crippen molar-refractivity contribution in [2.75, 3.05) is 32.8 Å². The van der Waals surface area contributed by atoms with E-state index in [9.17, 15) is 58.5 Å². The summed E-state index contributed by atoms with van der Waals surface area (Å²) in [5.41, 5.74) is 18.1. The maximum absolute atomic E-state index is 14.3. The Morgan fingerprint density at radius 3 is 1.64 bits per heavy atom. The first-order chi connectivity index (χ1) is 34.7. The van der Waals surface area contributed by atoms with E-state index in [4.69, 9.17) is 17.2 Å². The second kappa shape index (κ2) is 31.1. The van der Waals surface area contributed by atoms with Crippen LogP contribution >= 0.6 is 0 Å². The van der Waals surface area contributed by atoms with E-state index < -0.39 is 120 Å². The Labute approximate surface area is 428 Å². The molecule has 73 heavy (non-hydrogen) atoms. The number of aliphatic hydroxyl groups is 2. The van der Waals surface area contributed by atoms with Crippen LogP contribution < -0.4 is 49.1 Å². The summed E-state index contributed by atoms with van der Waals surface area (Å²) in [6.45, 7) is 8.77. The van der Waals surface area contributed by atoms with Crippen molar-refractivity contribution < 1.29 is 58.5 Å². The summed E-state index contributed by atoms with van der Waals surface area (Å²) in [4.78, 5) is 126. The van der Waals surface area contributed by atoms with Crippen LogP contribution in [0.1, 0.15) is 117 Å². The molecule has 0 radical (unpaired) electrons. The molecule has 2 aliphatic rings. The van der Waals surface area contributed by atoms with Crippen molar-refractivity contribution >= 4 is 53.2 Å². The molecule has 410 valence electrons. The number of carbonyl (C=O) groups is 9. The molecule has 1 aromatic rings. The summed E-state index contributed by atoms with van der Waals surface area (Å²) in [5, 5.41) is 46.6. The number of aliphatic carboxylic acids is 1. The first-order valence-corrected chi connectivity index (χ1v) is 25.8. The Hall–Kier alpha value is -5.75. The van der Waals surface area contributed by atoms with Crippen LogP contribution in [0, 0.1) is 11.8 Å². The van der Waals surface area contributed by atoms with Gasteiger partial charge < -0.3 is 74.2 Å². The largest absolute Gasteiger partial charge is 0.480 e. The molecule has 0 aromatic heterocycles. The zero-order chi connectivity index (χ0) is 54.4. The predicted octanol–water partition coefficient (Wildman–Crippen LogP) is -1.74. The predicted molar refractivity (Wildman–Crippen MR) is 270 cm³/mol. The third-order valence-electron chi connectivity index (χ3n) is 13.4. The molecule has 2 aliphatic heterocycles. The third-order valence-corrected chi connectivity index (χ3v) is 13.4. The van der Waals surface area contributed by atoms with Crippen molar-refractivity contribution in [1.82, 2.24) is 41.7 Å². The number of carbonyl (C=O) groups excluding carboxylic acids is 8. The number of nitrogens with two attached hydrogens (primary N) is 3. The Bertz CT molecular complexity index is 1990. The summed E-state index contributed by atoms with van der Waals surface area (Å²) in [6, 6.07) is -2.50. The van der Waals surface area contributed by atoms with E-state index in [1.165, 1.54) is 16.7 Å². The highest BCUT2D eigenvalue weighted by atomic mass is 16.4. The maximum atomic E-state index is 14.3. The van der Waals surface area contributed by atoms with Crippen molar-refractivity contribution in [2.45, 2.75) is 179 Å². The number of nitrogens with one attached hydrogen (secondary N) is 6. The van der Waals surface area contributed by atoms with Gasteiger partial charge in [-0.3, -0.25) is 38.4 Å². The van der Waals surface area contributed by atoms with Gasteiger partial charge in [-0.2, -0.15) is 0 Å². The van der Waals surface area contributed by atoms with Crippen LogP contribution in [0.5, 0.6) is 0 Å².